The first-order valence-corrected chi connectivity index (χ1v) is 5.41. The Morgan fingerprint density at radius 1 is 1.53 bits per heavy atom. The van der Waals surface area contributed by atoms with Crippen molar-refractivity contribution in [2.75, 3.05) is 26.2 Å². The third-order valence-corrected chi connectivity index (χ3v) is 2.89. The van der Waals surface area contributed by atoms with Gasteiger partial charge in [-0.05, 0) is 26.3 Å². The van der Waals surface area contributed by atoms with Crippen LogP contribution in [0.2, 0.25) is 0 Å². The molecule has 0 aromatic heterocycles. The largest absolute Gasteiger partial charge is 0.377 e. The van der Waals surface area contributed by atoms with Crippen LogP contribution in [0.3, 0.4) is 0 Å². The van der Waals surface area contributed by atoms with E-state index in [0.717, 1.165) is 39.1 Å². The van der Waals surface area contributed by atoms with Crippen molar-refractivity contribution in [3.63, 3.8) is 0 Å². The van der Waals surface area contributed by atoms with Crippen molar-refractivity contribution < 1.29 is 9.53 Å². The summed E-state index contributed by atoms with van der Waals surface area (Å²) >= 11 is 0. The van der Waals surface area contributed by atoms with Gasteiger partial charge in [-0.25, -0.2) is 0 Å². The average molecular weight is 235 g/mol. The maximum atomic E-state index is 11.9. The summed E-state index contributed by atoms with van der Waals surface area (Å²) in [6, 6.07) is 0.0836. The summed E-state index contributed by atoms with van der Waals surface area (Å²) in [4.78, 5) is 13.8. The predicted octanol–water partition coefficient (Wildman–Crippen LogP) is 0.407. The predicted molar refractivity (Wildman–Crippen MR) is 60.3 cm³/mol. The van der Waals surface area contributed by atoms with Crippen molar-refractivity contribution in [1.82, 2.24) is 10.2 Å². The van der Waals surface area contributed by atoms with Crippen molar-refractivity contribution in [2.45, 2.75) is 31.9 Å². The van der Waals surface area contributed by atoms with E-state index in [2.05, 4.69) is 5.32 Å². The lowest BCUT2D eigenvalue weighted by atomic mass is 10.1. The molecule has 5 heteroatoms. The van der Waals surface area contributed by atoms with Crippen LogP contribution in [0.1, 0.15) is 19.8 Å². The standard InChI is InChI=1S/C10H18N2O2.ClH/c1-8-7-12(5-2-6-14-8)10(13)9-3-4-11-9;/h8-9,11H,2-7H2,1H3;1H/t8?,9-;/m1./s1. The number of carbonyl (C=O) groups excluding carboxylic acids is 1. The SMILES string of the molecule is CC1CN(C(=O)[C@H]2CCN2)CCCO1.Cl. The molecule has 0 saturated carbocycles. The van der Waals surface area contributed by atoms with Crippen molar-refractivity contribution in [2.24, 2.45) is 0 Å². The molecule has 2 fully saturated rings. The van der Waals surface area contributed by atoms with Crippen LogP contribution < -0.4 is 5.32 Å². The van der Waals surface area contributed by atoms with Gasteiger partial charge in [-0.3, -0.25) is 4.79 Å². The molecule has 2 aliphatic rings. The molecule has 2 heterocycles. The summed E-state index contributed by atoms with van der Waals surface area (Å²) < 4.78 is 5.50. The number of hydrogen-bond acceptors (Lipinski definition) is 3. The van der Waals surface area contributed by atoms with Gasteiger partial charge in [0.1, 0.15) is 0 Å². The van der Waals surface area contributed by atoms with Crippen molar-refractivity contribution in [1.29, 1.82) is 0 Å². The molecule has 2 rings (SSSR count). The van der Waals surface area contributed by atoms with Crippen LogP contribution in [0.25, 0.3) is 0 Å². The zero-order chi connectivity index (χ0) is 9.97. The molecule has 1 amide bonds. The maximum Gasteiger partial charge on any atom is 0.239 e. The van der Waals surface area contributed by atoms with Gasteiger partial charge in [-0.2, -0.15) is 0 Å². The fraction of sp³-hybridized carbons (Fsp3) is 0.900. The molecule has 2 atom stereocenters. The van der Waals surface area contributed by atoms with Gasteiger partial charge in [0, 0.05) is 19.7 Å². The van der Waals surface area contributed by atoms with Gasteiger partial charge in [0.25, 0.3) is 0 Å². The zero-order valence-corrected chi connectivity index (χ0v) is 9.89. The van der Waals surface area contributed by atoms with Gasteiger partial charge in [-0.1, -0.05) is 0 Å². The fourth-order valence-electron chi connectivity index (χ4n) is 1.91. The Bertz CT molecular complexity index is 221. The molecule has 1 unspecified atom stereocenters. The highest BCUT2D eigenvalue weighted by Crippen LogP contribution is 2.11. The lowest BCUT2D eigenvalue weighted by Crippen LogP contribution is -2.55. The second-order valence-electron chi connectivity index (χ2n) is 4.11. The summed E-state index contributed by atoms with van der Waals surface area (Å²) in [5.74, 6) is 0.258. The summed E-state index contributed by atoms with van der Waals surface area (Å²) in [7, 11) is 0. The number of rotatable bonds is 1. The Morgan fingerprint density at radius 3 is 2.87 bits per heavy atom. The first kappa shape index (κ1) is 12.7. The van der Waals surface area contributed by atoms with Crippen LogP contribution >= 0.6 is 12.4 Å². The number of nitrogens with zero attached hydrogens (tertiary/aromatic N) is 1. The van der Waals surface area contributed by atoms with E-state index in [0.29, 0.717) is 0 Å². The molecule has 0 bridgehead atoms. The minimum atomic E-state index is 0. The Labute approximate surface area is 96.7 Å². The minimum absolute atomic E-state index is 0. The topological polar surface area (TPSA) is 41.6 Å². The molecule has 88 valence electrons. The molecule has 15 heavy (non-hydrogen) atoms. The molecule has 1 N–H and O–H groups in total. The average Bonchev–Trinajstić information content (AvgIpc) is 2.26. The van der Waals surface area contributed by atoms with E-state index in [1.165, 1.54) is 0 Å². The molecule has 2 saturated heterocycles. The third-order valence-electron chi connectivity index (χ3n) is 2.89. The molecule has 0 aromatic rings. The highest BCUT2D eigenvalue weighted by atomic mass is 35.5. The van der Waals surface area contributed by atoms with Gasteiger partial charge in [0.05, 0.1) is 12.1 Å². The van der Waals surface area contributed by atoms with Gasteiger partial charge in [0.15, 0.2) is 0 Å². The molecule has 0 spiro atoms. The summed E-state index contributed by atoms with van der Waals surface area (Å²) in [6.07, 6.45) is 2.13. The first-order valence-electron chi connectivity index (χ1n) is 5.41. The van der Waals surface area contributed by atoms with Gasteiger partial charge < -0.3 is 15.0 Å². The Balaban J connectivity index is 0.00000112. The van der Waals surface area contributed by atoms with Crippen LogP contribution in [-0.4, -0.2) is 49.2 Å². The first-order chi connectivity index (χ1) is 6.77. The van der Waals surface area contributed by atoms with Gasteiger partial charge >= 0.3 is 0 Å². The molecule has 4 nitrogen and oxygen atoms in total. The maximum absolute atomic E-state index is 11.9. The summed E-state index contributed by atoms with van der Waals surface area (Å²) in [5, 5.41) is 3.15. The smallest absolute Gasteiger partial charge is 0.239 e. The number of nitrogens with one attached hydrogen (secondary N) is 1. The van der Waals surface area contributed by atoms with E-state index >= 15 is 0 Å². The third kappa shape index (κ3) is 3.06. The molecule has 0 aliphatic carbocycles. The van der Waals surface area contributed by atoms with Gasteiger partial charge in [-0.15, -0.1) is 12.4 Å². The fourth-order valence-corrected chi connectivity index (χ4v) is 1.91. The van der Waals surface area contributed by atoms with Crippen LogP contribution in [0.4, 0.5) is 0 Å². The lowest BCUT2D eigenvalue weighted by Gasteiger charge is -2.32. The number of ether oxygens (including phenoxy) is 1. The van der Waals surface area contributed by atoms with E-state index in [1.807, 2.05) is 11.8 Å². The molecule has 0 aromatic carbocycles. The van der Waals surface area contributed by atoms with Crippen LogP contribution in [-0.2, 0) is 9.53 Å². The molecular weight excluding hydrogens is 216 g/mol. The van der Waals surface area contributed by atoms with E-state index in [-0.39, 0.29) is 30.5 Å². The van der Waals surface area contributed by atoms with E-state index < -0.39 is 0 Å². The lowest BCUT2D eigenvalue weighted by molar-refractivity contribution is -0.135. The quantitative estimate of drug-likeness (QED) is 0.715. The molecule has 0 radical (unpaired) electrons. The molecule has 2 aliphatic heterocycles. The Kier molecular flexibility index (Phi) is 4.83. The van der Waals surface area contributed by atoms with Crippen LogP contribution in [0.5, 0.6) is 0 Å². The van der Waals surface area contributed by atoms with E-state index in [1.54, 1.807) is 0 Å². The number of amides is 1. The van der Waals surface area contributed by atoms with Gasteiger partial charge in [0.2, 0.25) is 5.91 Å². The number of halogens is 1. The van der Waals surface area contributed by atoms with Crippen LogP contribution in [0, 0.1) is 0 Å². The number of carbonyl (C=O) groups is 1. The van der Waals surface area contributed by atoms with Crippen molar-refractivity contribution >= 4 is 18.3 Å². The van der Waals surface area contributed by atoms with E-state index in [9.17, 15) is 4.79 Å². The van der Waals surface area contributed by atoms with Crippen molar-refractivity contribution in [3.05, 3.63) is 0 Å². The summed E-state index contributed by atoms with van der Waals surface area (Å²) in [6.45, 7) is 5.39. The van der Waals surface area contributed by atoms with Crippen molar-refractivity contribution in [3.8, 4) is 0 Å². The molecular formula is C10H19ClN2O2. The second kappa shape index (κ2) is 5.68. The van der Waals surface area contributed by atoms with E-state index in [4.69, 9.17) is 4.74 Å². The minimum Gasteiger partial charge on any atom is -0.377 e. The monoisotopic (exact) mass is 234 g/mol. The van der Waals surface area contributed by atoms with Crippen LogP contribution in [0.15, 0.2) is 0 Å². The normalized spacial score (nSPS) is 31.1. The highest BCUT2D eigenvalue weighted by Gasteiger charge is 2.30. The second-order valence-corrected chi connectivity index (χ2v) is 4.11. The Hall–Kier alpha value is -0.320. The summed E-state index contributed by atoms with van der Waals surface area (Å²) in [5.41, 5.74) is 0. The zero-order valence-electron chi connectivity index (χ0n) is 9.07. The Morgan fingerprint density at radius 2 is 2.27 bits per heavy atom. The highest BCUT2D eigenvalue weighted by molar-refractivity contribution is 5.85. The number of hydrogen-bond donors (Lipinski definition) is 1.